The zero-order valence-corrected chi connectivity index (χ0v) is 7.17. The first kappa shape index (κ1) is 6.73. The molecule has 0 unspecified atom stereocenters. The SMILES string of the molecule is Brc1cc2c[c]cnc2cn1. The van der Waals surface area contributed by atoms with E-state index in [2.05, 4.69) is 32.0 Å². The topological polar surface area (TPSA) is 25.8 Å². The predicted octanol–water partition coefficient (Wildman–Crippen LogP) is 2.19. The number of hydrogen-bond acceptors (Lipinski definition) is 2. The second kappa shape index (κ2) is 2.58. The van der Waals surface area contributed by atoms with E-state index in [1.54, 1.807) is 12.4 Å². The molecule has 0 atom stereocenters. The monoisotopic (exact) mass is 207 g/mol. The van der Waals surface area contributed by atoms with E-state index in [9.17, 15) is 0 Å². The normalized spacial score (nSPS) is 10.3. The maximum atomic E-state index is 4.08. The Morgan fingerprint density at radius 2 is 2.27 bits per heavy atom. The summed E-state index contributed by atoms with van der Waals surface area (Å²) in [7, 11) is 0. The molecule has 0 amide bonds. The Morgan fingerprint density at radius 1 is 1.36 bits per heavy atom. The van der Waals surface area contributed by atoms with Crippen molar-refractivity contribution in [3.05, 3.63) is 35.2 Å². The van der Waals surface area contributed by atoms with Crippen LogP contribution in [0, 0.1) is 6.07 Å². The van der Waals surface area contributed by atoms with Gasteiger partial charge in [0.15, 0.2) is 0 Å². The fourth-order valence-electron chi connectivity index (χ4n) is 0.894. The van der Waals surface area contributed by atoms with Crippen LogP contribution in [0.3, 0.4) is 0 Å². The van der Waals surface area contributed by atoms with Gasteiger partial charge in [0.1, 0.15) is 4.60 Å². The Balaban J connectivity index is 2.83. The average molecular weight is 208 g/mol. The van der Waals surface area contributed by atoms with Gasteiger partial charge in [0.25, 0.3) is 0 Å². The molecule has 1 radical (unpaired) electrons. The van der Waals surface area contributed by atoms with Crippen molar-refractivity contribution < 1.29 is 0 Å². The van der Waals surface area contributed by atoms with Gasteiger partial charge in [0, 0.05) is 17.6 Å². The first-order valence-corrected chi connectivity index (χ1v) is 3.93. The van der Waals surface area contributed by atoms with E-state index in [4.69, 9.17) is 0 Å². The van der Waals surface area contributed by atoms with Gasteiger partial charge in [-0.15, -0.1) is 0 Å². The lowest BCUT2D eigenvalue weighted by molar-refractivity contribution is 1.27. The summed E-state index contributed by atoms with van der Waals surface area (Å²) in [6, 6.07) is 6.70. The van der Waals surface area contributed by atoms with Crippen LogP contribution in [-0.4, -0.2) is 9.97 Å². The van der Waals surface area contributed by atoms with Crippen LogP contribution in [0.25, 0.3) is 10.9 Å². The summed E-state index contributed by atoms with van der Waals surface area (Å²) in [5, 5.41) is 1.05. The third-order valence-corrected chi connectivity index (χ3v) is 1.83. The highest BCUT2D eigenvalue weighted by molar-refractivity contribution is 9.10. The van der Waals surface area contributed by atoms with Gasteiger partial charge in [0.05, 0.1) is 11.7 Å². The van der Waals surface area contributed by atoms with E-state index in [0.29, 0.717) is 0 Å². The molecule has 0 saturated heterocycles. The fourth-order valence-corrected chi connectivity index (χ4v) is 1.24. The lowest BCUT2D eigenvalue weighted by Gasteiger charge is -1.93. The average Bonchev–Trinajstić information content (AvgIpc) is 2.04. The van der Waals surface area contributed by atoms with Gasteiger partial charge in [-0.3, -0.25) is 4.98 Å². The minimum atomic E-state index is 0.825. The molecule has 0 aliphatic heterocycles. The molecule has 11 heavy (non-hydrogen) atoms. The molecular weight excluding hydrogens is 204 g/mol. The summed E-state index contributed by atoms with van der Waals surface area (Å²) in [5.41, 5.74) is 0.895. The number of pyridine rings is 2. The molecular formula is C8H4BrN2. The van der Waals surface area contributed by atoms with Crippen LogP contribution in [0.5, 0.6) is 0 Å². The molecule has 0 aromatic carbocycles. The van der Waals surface area contributed by atoms with E-state index in [1.807, 2.05) is 12.1 Å². The molecule has 0 aliphatic carbocycles. The molecule has 0 fully saturated rings. The van der Waals surface area contributed by atoms with Crippen LogP contribution >= 0.6 is 15.9 Å². The first-order chi connectivity index (χ1) is 5.36. The summed E-state index contributed by atoms with van der Waals surface area (Å²) < 4.78 is 0.825. The molecule has 2 aromatic rings. The van der Waals surface area contributed by atoms with E-state index in [1.165, 1.54) is 0 Å². The Kier molecular flexibility index (Phi) is 1.58. The van der Waals surface area contributed by atoms with Gasteiger partial charge >= 0.3 is 0 Å². The zero-order chi connectivity index (χ0) is 7.68. The Labute approximate surface area is 72.4 Å². The van der Waals surface area contributed by atoms with Crippen LogP contribution in [0.4, 0.5) is 0 Å². The third kappa shape index (κ3) is 1.24. The van der Waals surface area contributed by atoms with E-state index in [0.717, 1.165) is 15.5 Å². The van der Waals surface area contributed by atoms with Crippen LogP contribution in [-0.2, 0) is 0 Å². The molecule has 0 N–H and O–H groups in total. The number of halogens is 1. The van der Waals surface area contributed by atoms with Crippen molar-refractivity contribution in [2.75, 3.05) is 0 Å². The Bertz CT molecular complexity index is 387. The second-order valence-electron chi connectivity index (χ2n) is 2.14. The van der Waals surface area contributed by atoms with Gasteiger partial charge in [-0.05, 0) is 28.1 Å². The number of nitrogens with zero attached hydrogens (tertiary/aromatic N) is 2. The number of rotatable bonds is 0. The summed E-state index contributed by atoms with van der Waals surface area (Å²) >= 11 is 3.28. The Morgan fingerprint density at radius 3 is 3.18 bits per heavy atom. The summed E-state index contributed by atoms with van der Waals surface area (Å²) in [5.74, 6) is 0. The minimum Gasteiger partial charge on any atom is -0.254 e. The highest BCUT2D eigenvalue weighted by atomic mass is 79.9. The summed E-state index contributed by atoms with van der Waals surface area (Å²) in [6.45, 7) is 0. The van der Waals surface area contributed by atoms with Crippen LogP contribution in [0.15, 0.2) is 29.1 Å². The fraction of sp³-hybridized carbons (Fsp3) is 0. The maximum absolute atomic E-state index is 4.08. The van der Waals surface area contributed by atoms with Gasteiger partial charge in [-0.1, -0.05) is 0 Å². The predicted molar refractivity (Wildman–Crippen MR) is 46.1 cm³/mol. The van der Waals surface area contributed by atoms with Crippen molar-refractivity contribution >= 4 is 26.8 Å². The standard InChI is InChI=1S/C8H4BrN2/c9-8-4-6-2-1-3-10-7(6)5-11-8/h2-5H. The van der Waals surface area contributed by atoms with E-state index in [-0.39, 0.29) is 0 Å². The summed E-state index contributed by atoms with van der Waals surface area (Å²) in [4.78, 5) is 8.13. The quantitative estimate of drug-likeness (QED) is 0.620. The largest absolute Gasteiger partial charge is 0.254 e. The van der Waals surface area contributed by atoms with Gasteiger partial charge in [-0.25, -0.2) is 4.98 Å². The third-order valence-electron chi connectivity index (χ3n) is 1.40. The molecule has 2 rings (SSSR count). The molecule has 0 saturated carbocycles. The zero-order valence-electron chi connectivity index (χ0n) is 5.58. The van der Waals surface area contributed by atoms with Crippen molar-refractivity contribution in [1.29, 1.82) is 0 Å². The molecule has 0 bridgehead atoms. The van der Waals surface area contributed by atoms with E-state index >= 15 is 0 Å². The maximum Gasteiger partial charge on any atom is 0.106 e. The first-order valence-electron chi connectivity index (χ1n) is 3.13. The Hall–Kier alpha value is -0.960. The molecule has 53 valence electrons. The van der Waals surface area contributed by atoms with Gasteiger partial charge < -0.3 is 0 Å². The van der Waals surface area contributed by atoms with Crippen LogP contribution < -0.4 is 0 Å². The molecule has 0 spiro atoms. The van der Waals surface area contributed by atoms with Crippen molar-refractivity contribution in [2.45, 2.75) is 0 Å². The van der Waals surface area contributed by atoms with Crippen molar-refractivity contribution in [2.24, 2.45) is 0 Å². The molecule has 2 aromatic heterocycles. The molecule has 2 nitrogen and oxygen atoms in total. The number of fused-ring (bicyclic) bond motifs is 1. The van der Waals surface area contributed by atoms with E-state index < -0.39 is 0 Å². The lowest BCUT2D eigenvalue weighted by Crippen LogP contribution is -1.79. The summed E-state index contributed by atoms with van der Waals surface area (Å²) in [6.07, 6.45) is 3.37. The van der Waals surface area contributed by atoms with Gasteiger partial charge in [0.2, 0.25) is 0 Å². The van der Waals surface area contributed by atoms with Crippen LogP contribution in [0.1, 0.15) is 0 Å². The van der Waals surface area contributed by atoms with Crippen molar-refractivity contribution in [1.82, 2.24) is 9.97 Å². The smallest absolute Gasteiger partial charge is 0.106 e. The minimum absolute atomic E-state index is 0.825. The highest BCUT2D eigenvalue weighted by Crippen LogP contribution is 2.13. The molecule has 3 heteroatoms. The van der Waals surface area contributed by atoms with Crippen LogP contribution in [0.2, 0.25) is 0 Å². The van der Waals surface area contributed by atoms with Crippen molar-refractivity contribution in [3.63, 3.8) is 0 Å². The molecule has 0 aliphatic rings. The van der Waals surface area contributed by atoms with Gasteiger partial charge in [-0.2, -0.15) is 0 Å². The number of hydrogen-bond donors (Lipinski definition) is 0. The number of aromatic nitrogens is 2. The molecule has 2 heterocycles. The van der Waals surface area contributed by atoms with Crippen molar-refractivity contribution in [3.8, 4) is 0 Å². The second-order valence-corrected chi connectivity index (χ2v) is 2.95. The lowest BCUT2D eigenvalue weighted by atomic mass is 10.3. The highest BCUT2D eigenvalue weighted by Gasteiger charge is 1.93.